The van der Waals surface area contributed by atoms with Crippen LogP contribution in [0.1, 0.15) is 10.4 Å². The first-order valence-corrected chi connectivity index (χ1v) is 8.00. The molecule has 2 N–H and O–H groups in total. The zero-order valence-electron chi connectivity index (χ0n) is 13.2. The fourth-order valence-corrected chi connectivity index (χ4v) is 2.85. The molecule has 0 aliphatic carbocycles. The zero-order chi connectivity index (χ0) is 17.5. The van der Waals surface area contributed by atoms with E-state index in [1.807, 2.05) is 0 Å². The smallest absolute Gasteiger partial charge is 0.336 e. The highest BCUT2D eigenvalue weighted by Crippen LogP contribution is 2.29. The quantitative estimate of drug-likeness (QED) is 0.749. The van der Waals surface area contributed by atoms with Gasteiger partial charge in [0.15, 0.2) is 0 Å². The third-order valence-corrected chi connectivity index (χ3v) is 4.23. The molecule has 2 aromatic carbocycles. The van der Waals surface area contributed by atoms with E-state index in [-0.39, 0.29) is 17.2 Å². The van der Waals surface area contributed by atoms with Gasteiger partial charge in [0.1, 0.15) is 11.5 Å². The van der Waals surface area contributed by atoms with Crippen molar-refractivity contribution in [3.8, 4) is 11.5 Å². The van der Waals surface area contributed by atoms with Crippen LogP contribution in [0.25, 0.3) is 0 Å². The minimum atomic E-state index is -1.02. The van der Waals surface area contributed by atoms with Gasteiger partial charge < -0.3 is 19.9 Å². The van der Waals surface area contributed by atoms with Gasteiger partial charge in [-0.25, -0.2) is 4.79 Å². The number of carboxylic acids is 1. The van der Waals surface area contributed by atoms with Crippen LogP contribution in [0.2, 0.25) is 0 Å². The normalized spacial score (nSPS) is 10.1. The number of hydrogen-bond acceptors (Lipinski definition) is 5. The Kier molecular flexibility index (Phi) is 6.08. The lowest BCUT2D eigenvalue weighted by molar-refractivity contribution is -0.113. The molecule has 2 aromatic rings. The Hall–Kier alpha value is -2.67. The average molecular weight is 347 g/mol. The van der Waals surface area contributed by atoms with Crippen LogP contribution in [-0.2, 0) is 4.79 Å². The maximum atomic E-state index is 12.2. The lowest BCUT2D eigenvalue weighted by Crippen LogP contribution is -2.15. The van der Waals surface area contributed by atoms with E-state index < -0.39 is 5.97 Å². The maximum Gasteiger partial charge on any atom is 0.336 e. The summed E-state index contributed by atoms with van der Waals surface area (Å²) in [6.07, 6.45) is 0. The number of amides is 1. The van der Waals surface area contributed by atoms with Gasteiger partial charge in [0.2, 0.25) is 5.91 Å². The van der Waals surface area contributed by atoms with Gasteiger partial charge in [0.25, 0.3) is 0 Å². The fraction of sp³-hybridized carbons (Fsp3) is 0.176. The molecule has 7 heteroatoms. The maximum absolute atomic E-state index is 12.2. The summed E-state index contributed by atoms with van der Waals surface area (Å²) in [4.78, 5) is 23.9. The highest BCUT2D eigenvalue weighted by Gasteiger charge is 2.13. The van der Waals surface area contributed by atoms with E-state index >= 15 is 0 Å². The minimum absolute atomic E-state index is 0.0741. The molecule has 0 heterocycles. The number of nitrogens with one attached hydrogen (secondary N) is 1. The van der Waals surface area contributed by atoms with Crippen LogP contribution in [0, 0.1) is 0 Å². The summed E-state index contributed by atoms with van der Waals surface area (Å²) >= 11 is 1.16. The molecule has 0 spiro atoms. The topological polar surface area (TPSA) is 84.9 Å². The molecular weight excluding hydrogens is 330 g/mol. The van der Waals surface area contributed by atoms with E-state index in [0.29, 0.717) is 22.1 Å². The lowest BCUT2D eigenvalue weighted by Gasteiger charge is -2.12. The second-order valence-corrected chi connectivity index (χ2v) is 5.72. The van der Waals surface area contributed by atoms with Crippen LogP contribution in [0.4, 0.5) is 5.69 Å². The Balaban J connectivity index is 2.06. The Morgan fingerprint density at radius 3 is 2.54 bits per heavy atom. The molecule has 0 bridgehead atoms. The molecule has 0 saturated heterocycles. The molecule has 0 unspecified atom stereocenters. The Bertz CT molecular complexity index is 748. The van der Waals surface area contributed by atoms with Crippen LogP contribution in [-0.4, -0.2) is 37.0 Å². The van der Waals surface area contributed by atoms with Crippen molar-refractivity contribution >= 4 is 29.3 Å². The molecule has 0 atom stereocenters. The van der Waals surface area contributed by atoms with Gasteiger partial charge in [-0.1, -0.05) is 12.1 Å². The van der Waals surface area contributed by atoms with Gasteiger partial charge in [-0.3, -0.25) is 4.79 Å². The standard InChI is InChI=1S/C17H17NO5S/c1-22-11-7-8-14(23-2)13(9-11)18-16(19)10-24-15-6-4-3-5-12(15)17(20)21/h3-9H,10H2,1-2H3,(H,18,19)(H,20,21). The number of anilines is 1. The third kappa shape index (κ3) is 4.42. The Labute approximate surface area is 143 Å². The second-order valence-electron chi connectivity index (χ2n) is 4.70. The number of aromatic carboxylic acids is 1. The largest absolute Gasteiger partial charge is 0.497 e. The summed E-state index contributed by atoms with van der Waals surface area (Å²) in [5, 5.41) is 11.9. The van der Waals surface area contributed by atoms with Crippen LogP contribution in [0.15, 0.2) is 47.4 Å². The molecule has 0 aliphatic rings. The van der Waals surface area contributed by atoms with E-state index in [9.17, 15) is 9.59 Å². The van der Waals surface area contributed by atoms with E-state index in [4.69, 9.17) is 14.6 Å². The monoisotopic (exact) mass is 347 g/mol. The van der Waals surface area contributed by atoms with Crippen molar-refractivity contribution in [3.63, 3.8) is 0 Å². The van der Waals surface area contributed by atoms with Crippen molar-refractivity contribution in [1.29, 1.82) is 0 Å². The van der Waals surface area contributed by atoms with Crippen LogP contribution in [0.3, 0.4) is 0 Å². The van der Waals surface area contributed by atoms with Crippen molar-refractivity contribution < 1.29 is 24.2 Å². The van der Waals surface area contributed by atoms with Gasteiger partial charge in [0, 0.05) is 11.0 Å². The lowest BCUT2D eigenvalue weighted by atomic mass is 10.2. The number of carbonyl (C=O) groups excluding carboxylic acids is 1. The van der Waals surface area contributed by atoms with Crippen molar-refractivity contribution in [2.24, 2.45) is 0 Å². The van der Waals surface area contributed by atoms with Gasteiger partial charge in [-0.2, -0.15) is 0 Å². The van der Waals surface area contributed by atoms with E-state index in [1.165, 1.54) is 20.3 Å². The van der Waals surface area contributed by atoms with Crippen molar-refractivity contribution in [3.05, 3.63) is 48.0 Å². The van der Waals surface area contributed by atoms with Crippen molar-refractivity contribution in [1.82, 2.24) is 0 Å². The summed E-state index contributed by atoms with van der Waals surface area (Å²) in [6, 6.07) is 11.6. The number of methoxy groups -OCH3 is 2. The first-order chi connectivity index (χ1) is 11.5. The second kappa shape index (κ2) is 8.26. The van der Waals surface area contributed by atoms with E-state index in [0.717, 1.165) is 11.8 Å². The third-order valence-electron chi connectivity index (χ3n) is 3.16. The predicted octanol–water partition coefficient (Wildman–Crippen LogP) is 3.13. The minimum Gasteiger partial charge on any atom is -0.497 e. The SMILES string of the molecule is COc1ccc(OC)c(NC(=O)CSc2ccccc2C(=O)O)c1. The number of ether oxygens (including phenoxy) is 2. The molecule has 1 amide bonds. The summed E-state index contributed by atoms with van der Waals surface area (Å²) in [7, 11) is 3.04. The highest BCUT2D eigenvalue weighted by molar-refractivity contribution is 8.00. The van der Waals surface area contributed by atoms with Gasteiger partial charge >= 0.3 is 5.97 Å². The van der Waals surface area contributed by atoms with Crippen molar-refractivity contribution in [2.75, 3.05) is 25.3 Å². The van der Waals surface area contributed by atoms with Crippen LogP contribution < -0.4 is 14.8 Å². The Morgan fingerprint density at radius 2 is 1.88 bits per heavy atom. The summed E-state index contributed by atoms with van der Waals surface area (Å²) in [5.74, 6) is -0.111. The van der Waals surface area contributed by atoms with Crippen LogP contribution in [0.5, 0.6) is 11.5 Å². The van der Waals surface area contributed by atoms with Crippen LogP contribution >= 0.6 is 11.8 Å². The molecule has 0 radical (unpaired) electrons. The molecule has 2 rings (SSSR count). The molecule has 0 saturated carbocycles. The van der Waals surface area contributed by atoms with E-state index in [2.05, 4.69) is 5.32 Å². The molecular formula is C17H17NO5S. The zero-order valence-corrected chi connectivity index (χ0v) is 14.1. The molecule has 6 nitrogen and oxygen atoms in total. The number of hydrogen-bond donors (Lipinski definition) is 2. The number of carbonyl (C=O) groups is 2. The molecule has 0 aliphatic heterocycles. The summed E-state index contributed by atoms with van der Waals surface area (Å²) in [6.45, 7) is 0. The summed E-state index contributed by atoms with van der Waals surface area (Å²) in [5.41, 5.74) is 0.670. The number of carboxylic acid groups (broad SMARTS) is 1. The molecule has 0 aromatic heterocycles. The number of rotatable bonds is 7. The number of benzene rings is 2. The highest BCUT2D eigenvalue weighted by atomic mass is 32.2. The average Bonchev–Trinajstić information content (AvgIpc) is 2.60. The van der Waals surface area contributed by atoms with E-state index in [1.54, 1.807) is 36.4 Å². The molecule has 126 valence electrons. The van der Waals surface area contributed by atoms with Crippen molar-refractivity contribution in [2.45, 2.75) is 4.90 Å². The Morgan fingerprint density at radius 1 is 1.12 bits per heavy atom. The number of thioether (sulfide) groups is 1. The van der Waals surface area contributed by atoms with Gasteiger partial charge in [0.05, 0.1) is 31.2 Å². The predicted molar refractivity (Wildman–Crippen MR) is 92.3 cm³/mol. The summed E-state index contributed by atoms with van der Waals surface area (Å²) < 4.78 is 10.3. The molecule has 0 fully saturated rings. The molecule has 24 heavy (non-hydrogen) atoms. The first kappa shape index (κ1) is 17.7. The van der Waals surface area contributed by atoms with Gasteiger partial charge in [-0.05, 0) is 24.3 Å². The van der Waals surface area contributed by atoms with Gasteiger partial charge in [-0.15, -0.1) is 11.8 Å². The fourth-order valence-electron chi connectivity index (χ4n) is 2.01. The first-order valence-electron chi connectivity index (χ1n) is 7.02.